The number of anilines is 2. The van der Waals surface area contributed by atoms with Crippen LogP contribution in [0.1, 0.15) is 28.4 Å². The molecule has 2 aromatic carbocycles. The van der Waals surface area contributed by atoms with E-state index in [1.165, 1.54) is 11.3 Å². The first-order valence-corrected chi connectivity index (χ1v) is 11.1. The van der Waals surface area contributed by atoms with Crippen molar-refractivity contribution in [1.82, 2.24) is 4.98 Å². The SMILES string of the molecule is COC(c1sc2nc3cc4c(cc3cc2c1N)OCCO4)N(C)c1cccc(C(C)=O)c1. The number of fused-ring (bicyclic) bond motifs is 3. The number of methoxy groups -OCH3 is 1. The predicted octanol–water partition coefficient (Wildman–Crippen LogP) is 4.79. The molecule has 0 bridgehead atoms. The number of pyridine rings is 1. The second-order valence-corrected chi connectivity index (χ2v) is 8.75. The Morgan fingerprint density at radius 2 is 1.94 bits per heavy atom. The van der Waals surface area contributed by atoms with Crippen molar-refractivity contribution in [2.45, 2.75) is 13.2 Å². The van der Waals surface area contributed by atoms with Gasteiger partial charge in [0.2, 0.25) is 0 Å². The molecule has 5 rings (SSSR count). The molecule has 8 heteroatoms. The van der Waals surface area contributed by atoms with E-state index in [1.807, 2.05) is 48.3 Å². The summed E-state index contributed by atoms with van der Waals surface area (Å²) in [6.07, 6.45) is -0.431. The van der Waals surface area contributed by atoms with E-state index in [4.69, 9.17) is 24.9 Å². The maximum absolute atomic E-state index is 11.8. The first-order chi connectivity index (χ1) is 15.5. The number of Topliss-reactive ketones (excluding diaryl/α,β-unsaturated/α-hetero) is 1. The maximum atomic E-state index is 11.8. The van der Waals surface area contributed by atoms with Crippen LogP contribution in [-0.2, 0) is 4.74 Å². The number of hydrogen-bond acceptors (Lipinski definition) is 8. The Morgan fingerprint density at radius 3 is 2.66 bits per heavy atom. The monoisotopic (exact) mass is 449 g/mol. The van der Waals surface area contributed by atoms with E-state index in [-0.39, 0.29) is 5.78 Å². The van der Waals surface area contributed by atoms with Crippen molar-refractivity contribution in [3.8, 4) is 11.5 Å². The van der Waals surface area contributed by atoms with E-state index < -0.39 is 6.23 Å². The van der Waals surface area contributed by atoms with Gasteiger partial charge < -0.3 is 24.8 Å². The fourth-order valence-corrected chi connectivity index (χ4v) is 5.17. The van der Waals surface area contributed by atoms with Gasteiger partial charge in [-0.2, -0.15) is 0 Å². The number of rotatable bonds is 5. The van der Waals surface area contributed by atoms with Crippen molar-refractivity contribution < 1.29 is 19.0 Å². The Hall–Kier alpha value is -3.36. The quantitative estimate of drug-likeness (QED) is 0.346. The number of nitrogens with two attached hydrogens (primary N) is 1. The number of benzene rings is 2. The Balaban J connectivity index is 1.58. The van der Waals surface area contributed by atoms with Crippen molar-refractivity contribution in [3.63, 3.8) is 0 Å². The molecule has 7 nitrogen and oxygen atoms in total. The van der Waals surface area contributed by atoms with Gasteiger partial charge in [0.1, 0.15) is 18.0 Å². The van der Waals surface area contributed by atoms with Crippen LogP contribution in [0, 0.1) is 0 Å². The highest BCUT2D eigenvalue weighted by Gasteiger charge is 2.25. The van der Waals surface area contributed by atoms with Crippen molar-refractivity contribution in [2.24, 2.45) is 0 Å². The van der Waals surface area contributed by atoms with Crippen LogP contribution in [-0.4, -0.2) is 38.1 Å². The molecule has 4 aromatic rings. The molecule has 1 aliphatic rings. The first kappa shape index (κ1) is 20.5. The van der Waals surface area contributed by atoms with E-state index in [0.29, 0.717) is 30.2 Å². The molecular weight excluding hydrogens is 426 g/mol. The number of nitrogen functional groups attached to an aromatic ring is 1. The third-order valence-electron chi connectivity index (χ3n) is 5.67. The molecule has 2 aromatic heterocycles. The average Bonchev–Trinajstić information content (AvgIpc) is 3.11. The van der Waals surface area contributed by atoms with Crippen LogP contribution in [0.4, 0.5) is 11.4 Å². The van der Waals surface area contributed by atoms with Crippen molar-refractivity contribution in [1.29, 1.82) is 0 Å². The Kier molecular flexibility index (Phi) is 5.11. The van der Waals surface area contributed by atoms with Crippen LogP contribution in [0.15, 0.2) is 42.5 Å². The second kappa shape index (κ2) is 7.96. The molecule has 0 amide bonds. The lowest BCUT2D eigenvalue weighted by Gasteiger charge is -2.28. The molecular formula is C24H23N3O4S. The number of ether oxygens (including phenoxy) is 3. The number of hydrogen-bond donors (Lipinski definition) is 1. The standard InChI is InChI=1S/C24H23N3O4S/c1-13(28)14-5-4-6-16(9-14)27(2)24(29-3)22-21(25)17-10-15-11-19-20(31-8-7-30-19)12-18(15)26-23(17)32-22/h4-6,9-12,24H,7-8,25H2,1-3H3. The summed E-state index contributed by atoms with van der Waals surface area (Å²) >= 11 is 1.50. The fraction of sp³-hybridized carbons (Fsp3) is 0.250. The van der Waals surface area contributed by atoms with Crippen LogP contribution in [0.2, 0.25) is 0 Å². The summed E-state index contributed by atoms with van der Waals surface area (Å²) in [5.41, 5.74) is 9.56. The van der Waals surface area contributed by atoms with Gasteiger partial charge in [-0.25, -0.2) is 4.98 Å². The van der Waals surface area contributed by atoms with Crippen molar-refractivity contribution in [3.05, 3.63) is 52.9 Å². The number of thiophene rings is 1. The Morgan fingerprint density at radius 1 is 1.19 bits per heavy atom. The molecule has 0 saturated heterocycles. The molecule has 1 atom stereocenters. The smallest absolute Gasteiger partial charge is 0.167 e. The average molecular weight is 450 g/mol. The van der Waals surface area contributed by atoms with E-state index in [0.717, 1.165) is 37.4 Å². The lowest BCUT2D eigenvalue weighted by atomic mass is 10.1. The summed E-state index contributed by atoms with van der Waals surface area (Å²) in [7, 11) is 3.57. The zero-order chi connectivity index (χ0) is 22.4. The Bertz CT molecular complexity index is 1350. The molecule has 1 aliphatic heterocycles. The molecule has 164 valence electrons. The van der Waals surface area contributed by atoms with Gasteiger partial charge in [0.25, 0.3) is 0 Å². The minimum atomic E-state index is -0.431. The molecule has 1 unspecified atom stereocenters. The molecule has 0 fully saturated rings. The third-order valence-corrected chi connectivity index (χ3v) is 6.81. The van der Waals surface area contributed by atoms with Gasteiger partial charge in [-0.05, 0) is 31.2 Å². The summed E-state index contributed by atoms with van der Waals surface area (Å²) in [6.45, 7) is 2.62. The molecule has 32 heavy (non-hydrogen) atoms. The van der Waals surface area contributed by atoms with Crippen molar-refractivity contribution in [2.75, 3.05) is 38.0 Å². The first-order valence-electron chi connectivity index (χ1n) is 10.2. The summed E-state index contributed by atoms with van der Waals surface area (Å²) < 4.78 is 17.3. The van der Waals surface area contributed by atoms with Gasteiger partial charge in [0.15, 0.2) is 23.5 Å². The van der Waals surface area contributed by atoms with Crippen LogP contribution in [0.25, 0.3) is 21.1 Å². The van der Waals surface area contributed by atoms with Gasteiger partial charge in [0, 0.05) is 42.2 Å². The van der Waals surface area contributed by atoms with Gasteiger partial charge in [0.05, 0.1) is 16.1 Å². The van der Waals surface area contributed by atoms with E-state index >= 15 is 0 Å². The number of carbonyl (C=O) groups is 1. The van der Waals surface area contributed by atoms with Gasteiger partial charge in [-0.15, -0.1) is 11.3 Å². The molecule has 3 heterocycles. The van der Waals surface area contributed by atoms with E-state index in [1.54, 1.807) is 20.1 Å². The maximum Gasteiger partial charge on any atom is 0.167 e. The number of ketones is 1. The molecule has 0 radical (unpaired) electrons. The largest absolute Gasteiger partial charge is 0.486 e. The van der Waals surface area contributed by atoms with Gasteiger partial charge in [-0.1, -0.05) is 12.1 Å². The molecule has 0 aliphatic carbocycles. The Labute approximate surface area is 189 Å². The number of nitrogens with zero attached hydrogens (tertiary/aromatic N) is 2. The fourth-order valence-electron chi connectivity index (χ4n) is 3.96. The number of aromatic nitrogens is 1. The normalized spacial score (nSPS) is 14.0. The molecule has 0 saturated carbocycles. The van der Waals surface area contributed by atoms with Gasteiger partial charge >= 0.3 is 0 Å². The molecule has 2 N–H and O–H groups in total. The third kappa shape index (κ3) is 3.41. The highest BCUT2D eigenvalue weighted by Crippen LogP contribution is 2.42. The van der Waals surface area contributed by atoms with E-state index in [2.05, 4.69) is 0 Å². The van der Waals surface area contributed by atoms with Gasteiger partial charge in [-0.3, -0.25) is 4.79 Å². The highest BCUT2D eigenvalue weighted by atomic mass is 32.1. The summed E-state index contributed by atoms with van der Waals surface area (Å²) in [5, 5.41) is 1.82. The lowest BCUT2D eigenvalue weighted by molar-refractivity contribution is 0.101. The summed E-state index contributed by atoms with van der Waals surface area (Å²) in [5.74, 6) is 1.45. The number of carbonyl (C=O) groups excluding carboxylic acids is 1. The second-order valence-electron chi connectivity index (χ2n) is 7.72. The highest BCUT2D eigenvalue weighted by molar-refractivity contribution is 7.19. The van der Waals surface area contributed by atoms with Crippen molar-refractivity contribution >= 4 is 49.6 Å². The minimum absolute atomic E-state index is 0.0159. The zero-order valence-electron chi connectivity index (χ0n) is 18.0. The van der Waals surface area contributed by atoms with E-state index in [9.17, 15) is 4.79 Å². The lowest BCUT2D eigenvalue weighted by Crippen LogP contribution is -2.25. The van der Waals surface area contributed by atoms with Crippen LogP contribution >= 0.6 is 11.3 Å². The van der Waals surface area contributed by atoms with Crippen LogP contribution < -0.4 is 20.1 Å². The summed E-state index contributed by atoms with van der Waals surface area (Å²) in [4.78, 5) is 20.3. The minimum Gasteiger partial charge on any atom is -0.486 e. The zero-order valence-corrected chi connectivity index (χ0v) is 18.9. The van der Waals surface area contributed by atoms with Crippen LogP contribution in [0.5, 0.6) is 11.5 Å². The van der Waals surface area contributed by atoms with Crippen LogP contribution in [0.3, 0.4) is 0 Å². The topological polar surface area (TPSA) is 86.9 Å². The predicted molar refractivity (Wildman–Crippen MR) is 127 cm³/mol. The molecule has 0 spiro atoms. The summed E-state index contributed by atoms with van der Waals surface area (Å²) in [6, 6.07) is 13.4.